The minimum atomic E-state index is -0.324. The second-order valence-electron chi connectivity index (χ2n) is 5.17. The molecule has 21 heavy (non-hydrogen) atoms. The van der Waals surface area contributed by atoms with Crippen LogP contribution in [0.25, 0.3) is 0 Å². The number of aryl methyl sites for hydroxylation is 1. The van der Waals surface area contributed by atoms with Crippen LogP contribution in [-0.2, 0) is 11.2 Å². The fourth-order valence-electron chi connectivity index (χ4n) is 2.83. The van der Waals surface area contributed by atoms with Crippen molar-refractivity contribution in [1.29, 1.82) is 0 Å². The number of anilines is 1. The molecule has 1 unspecified atom stereocenters. The topological polar surface area (TPSA) is 51.2 Å². The molecule has 1 N–H and O–H groups in total. The van der Waals surface area contributed by atoms with E-state index in [1.807, 2.05) is 30.5 Å². The fraction of sp³-hybridized carbons (Fsp3) is 0.294. The molecule has 108 valence electrons. The Morgan fingerprint density at radius 3 is 3.00 bits per heavy atom. The van der Waals surface area contributed by atoms with Crippen molar-refractivity contribution < 1.29 is 9.53 Å². The molecule has 1 aliphatic rings. The van der Waals surface area contributed by atoms with E-state index in [-0.39, 0.29) is 12.0 Å². The monoisotopic (exact) mass is 282 g/mol. The summed E-state index contributed by atoms with van der Waals surface area (Å²) in [7, 11) is 1.40. The number of nitrogens with zero attached hydrogens (tertiary/aromatic N) is 1. The summed E-state index contributed by atoms with van der Waals surface area (Å²) < 4.78 is 4.84. The number of nitrogens with one attached hydrogen (secondary N) is 1. The van der Waals surface area contributed by atoms with Gasteiger partial charge >= 0.3 is 5.97 Å². The van der Waals surface area contributed by atoms with Crippen molar-refractivity contribution >= 4 is 11.7 Å². The number of esters is 1. The molecule has 0 spiro atoms. The van der Waals surface area contributed by atoms with Gasteiger partial charge in [0.05, 0.1) is 24.4 Å². The minimum absolute atomic E-state index is 0.140. The smallest absolute Gasteiger partial charge is 0.339 e. The molecule has 2 aromatic rings. The number of hydrogen-bond acceptors (Lipinski definition) is 4. The first-order valence-corrected chi connectivity index (χ1v) is 7.17. The molecular weight excluding hydrogens is 264 g/mol. The lowest BCUT2D eigenvalue weighted by Gasteiger charge is -2.26. The molecule has 4 heteroatoms. The van der Waals surface area contributed by atoms with Gasteiger partial charge < -0.3 is 10.1 Å². The van der Waals surface area contributed by atoms with Crippen LogP contribution in [0.3, 0.4) is 0 Å². The van der Waals surface area contributed by atoms with Gasteiger partial charge in [-0.25, -0.2) is 4.79 Å². The van der Waals surface area contributed by atoms with Gasteiger partial charge in [0.15, 0.2) is 0 Å². The first-order chi connectivity index (χ1) is 10.3. The van der Waals surface area contributed by atoms with Crippen LogP contribution in [0.2, 0.25) is 0 Å². The molecule has 0 radical (unpaired) electrons. The summed E-state index contributed by atoms with van der Waals surface area (Å²) in [6.07, 6.45) is 5.03. The third kappa shape index (κ3) is 2.75. The zero-order valence-corrected chi connectivity index (χ0v) is 12.0. The summed E-state index contributed by atoms with van der Waals surface area (Å²) in [6, 6.07) is 11.7. The van der Waals surface area contributed by atoms with E-state index < -0.39 is 0 Å². The van der Waals surface area contributed by atoms with Gasteiger partial charge in [0, 0.05) is 11.9 Å². The Morgan fingerprint density at radius 1 is 1.29 bits per heavy atom. The van der Waals surface area contributed by atoms with Crippen LogP contribution in [0.4, 0.5) is 5.69 Å². The van der Waals surface area contributed by atoms with Crippen molar-refractivity contribution in [3.8, 4) is 0 Å². The molecule has 3 rings (SSSR count). The van der Waals surface area contributed by atoms with Crippen LogP contribution in [0.15, 0.2) is 42.6 Å². The molecule has 1 atom stereocenters. The van der Waals surface area contributed by atoms with E-state index >= 15 is 0 Å². The zero-order chi connectivity index (χ0) is 14.7. The lowest BCUT2D eigenvalue weighted by molar-refractivity contribution is 0.0602. The number of aromatic nitrogens is 1. The predicted molar refractivity (Wildman–Crippen MR) is 81.3 cm³/mol. The molecular formula is C17H18N2O2. The highest BCUT2D eigenvalue weighted by atomic mass is 16.5. The number of fused-ring (bicyclic) bond motifs is 1. The van der Waals surface area contributed by atoms with Crippen LogP contribution >= 0.6 is 0 Å². The summed E-state index contributed by atoms with van der Waals surface area (Å²) in [4.78, 5) is 16.4. The van der Waals surface area contributed by atoms with Crippen LogP contribution in [0.1, 0.15) is 40.5 Å². The van der Waals surface area contributed by atoms with Crippen molar-refractivity contribution in [3.05, 3.63) is 59.4 Å². The number of pyridine rings is 1. The highest BCUT2D eigenvalue weighted by Gasteiger charge is 2.22. The molecule has 1 aromatic carbocycles. The van der Waals surface area contributed by atoms with Crippen LogP contribution in [-0.4, -0.2) is 18.1 Å². The van der Waals surface area contributed by atoms with Crippen molar-refractivity contribution in [2.24, 2.45) is 0 Å². The molecule has 0 saturated heterocycles. The summed E-state index contributed by atoms with van der Waals surface area (Å²) in [5.41, 5.74) is 3.73. The number of methoxy groups -OCH3 is 1. The molecule has 0 bridgehead atoms. The number of ether oxygens (including phenoxy) is 1. The van der Waals surface area contributed by atoms with Gasteiger partial charge in [-0.15, -0.1) is 0 Å². The molecule has 0 saturated carbocycles. The first kappa shape index (κ1) is 13.6. The number of para-hydroxylation sites is 1. The van der Waals surface area contributed by atoms with Crippen molar-refractivity contribution in [3.63, 3.8) is 0 Å². The predicted octanol–water partition coefficient (Wildman–Crippen LogP) is 3.36. The zero-order valence-electron chi connectivity index (χ0n) is 12.0. The summed E-state index contributed by atoms with van der Waals surface area (Å²) in [5, 5.41) is 3.46. The second-order valence-corrected chi connectivity index (χ2v) is 5.17. The van der Waals surface area contributed by atoms with Gasteiger partial charge in [0.1, 0.15) is 0 Å². The molecule has 1 aliphatic carbocycles. The molecule has 0 fully saturated rings. The summed E-state index contributed by atoms with van der Waals surface area (Å²) in [5.74, 6) is -0.324. The lowest BCUT2D eigenvalue weighted by Crippen LogP contribution is -2.20. The third-order valence-corrected chi connectivity index (χ3v) is 3.86. The van der Waals surface area contributed by atoms with E-state index in [0.29, 0.717) is 5.56 Å². The molecule has 1 heterocycles. The quantitative estimate of drug-likeness (QED) is 0.877. The average molecular weight is 282 g/mol. The molecule has 0 amide bonds. The van der Waals surface area contributed by atoms with Crippen molar-refractivity contribution in [1.82, 2.24) is 4.98 Å². The number of hydrogen-bond donors (Lipinski definition) is 1. The van der Waals surface area contributed by atoms with E-state index in [0.717, 1.165) is 30.6 Å². The van der Waals surface area contributed by atoms with Crippen molar-refractivity contribution in [2.45, 2.75) is 25.3 Å². The Kier molecular flexibility index (Phi) is 3.86. The molecule has 1 aromatic heterocycles. The highest BCUT2D eigenvalue weighted by Crippen LogP contribution is 2.31. The van der Waals surface area contributed by atoms with E-state index in [2.05, 4.69) is 16.4 Å². The van der Waals surface area contributed by atoms with Crippen LogP contribution in [0, 0.1) is 0 Å². The number of carbonyl (C=O) groups excluding carboxylic acids is 1. The highest BCUT2D eigenvalue weighted by molar-refractivity contribution is 5.95. The minimum Gasteiger partial charge on any atom is -0.465 e. The maximum Gasteiger partial charge on any atom is 0.339 e. The molecule has 0 aliphatic heterocycles. The molecule has 4 nitrogen and oxygen atoms in total. The van der Waals surface area contributed by atoms with Gasteiger partial charge in [0.25, 0.3) is 0 Å². The number of carbonyl (C=O) groups is 1. The van der Waals surface area contributed by atoms with Crippen LogP contribution in [0.5, 0.6) is 0 Å². The fourth-order valence-corrected chi connectivity index (χ4v) is 2.83. The number of benzene rings is 1. The van der Waals surface area contributed by atoms with Gasteiger partial charge in [-0.05, 0) is 43.0 Å². The largest absolute Gasteiger partial charge is 0.465 e. The summed E-state index contributed by atoms with van der Waals surface area (Å²) >= 11 is 0. The third-order valence-electron chi connectivity index (χ3n) is 3.86. The normalized spacial score (nSPS) is 16.9. The SMILES string of the molecule is COC(=O)c1ccccc1NC1CCCc2cccnc21. The average Bonchev–Trinajstić information content (AvgIpc) is 2.55. The van der Waals surface area contributed by atoms with Crippen LogP contribution < -0.4 is 5.32 Å². The maximum atomic E-state index is 11.8. The summed E-state index contributed by atoms with van der Waals surface area (Å²) in [6.45, 7) is 0. The van der Waals surface area contributed by atoms with Crippen molar-refractivity contribution in [2.75, 3.05) is 12.4 Å². The van der Waals surface area contributed by atoms with Gasteiger partial charge in [-0.3, -0.25) is 4.98 Å². The maximum absolute atomic E-state index is 11.8. The second kappa shape index (κ2) is 5.95. The number of rotatable bonds is 3. The van der Waals surface area contributed by atoms with E-state index in [1.54, 1.807) is 6.07 Å². The Balaban J connectivity index is 1.90. The first-order valence-electron chi connectivity index (χ1n) is 7.17. The Morgan fingerprint density at radius 2 is 2.14 bits per heavy atom. The Bertz CT molecular complexity index is 655. The standard InChI is InChI=1S/C17H18N2O2/c1-21-17(20)13-8-2-3-9-14(13)19-15-10-4-6-12-7-5-11-18-16(12)15/h2-3,5,7-9,11,15,19H,4,6,10H2,1H3. The van der Waals surface area contributed by atoms with E-state index in [1.165, 1.54) is 12.7 Å². The van der Waals surface area contributed by atoms with E-state index in [4.69, 9.17) is 4.74 Å². The van der Waals surface area contributed by atoms with E-state index in [9.17, 15) is 4.79 Å². The van der Waals surface area contributed by atoms with Gasteiger partial charge in [-0.2, -0.15) is 0 Å². The van der Waals surface area contributed by atoms with Gasteiger partial charge in [0.2, 0.25) is 0 Å². The Labute approximate surface area is 124 Å². The Hall–Kier alpha value is -2.36. The lowest BCUT2D eigenvalue weighted by atomic mass is 9.91. The van der Waals surface area contributed by atoms with Gasteiger partial charge in [-0.1, -0.05) is 18.2 Å².